The van der Waals surface area contributed by atoms with E-state index in [0.29, 0.717) is 0 Å². The highest BCUT2D eigenvalue weighted by Gasteiger charge is 2.13. The maximum atomic E-state index is 10.7. The lowest BCUT2D eigenvalue weighted by molar-refractivity contribution is 0.896. The van der Waals surface area contributed by atoms with Crippen LogP contribution in [-0.2, 0) is 12.8 Å². The normalized spacial score (nSPS) is 16.0. The Morgan fingerprint density at radius 3 is 3.11 bits per heavy atom. The van der Waals surface area contributed by atoms with Crippen LogP contribution in [0.15, 0.2) is 4.79 Å². The third-order valence-corrected chi connectivity index (χ3v) is 2.62. The van der Waals surface area contributed by atoms with Crippen LogP contribution in [0.1, 0.15) is 17.0 Å². The molecule has 0 amide bonds. The fourth-order valence-corrected chi connectivity index (χ4v) is 2.14. The Morgan fingerprint density at radius 2 is 2.33 bits per heavy atom. The highest BCUT2D eigenvalue weighted by Crippen LogP contribution is 2.20. The van der Waals surface area contributed by atoms with Crippen LogP contribution in [0.2, 0.25) is 0 Å². The molecule has 0 unspecified atom stereocenters. The summed E-state index contributed by atoms with van der Waals surface area (Å²) >= 11 is 1.37. The Kier molecular flexibility index (Phi) is 0.990. The third-order valence-electron chi connectivity index (χ3n) is 1.64. The molecule has 0 radical (unpaired) electrons. The van der Waals surface area contributed by atoms with E-state index in [1.54, 1.807) is 0 Å². The number of aromatic nitrogens is 1. The van der Waals surface area contributed by atoms with E-state index in [1.807, 2.05) is 0 Å². The Balaban J connectivity index is 2.64. The summed E-state index contributed by atoms with van der Waals surface area (Å²) in [5, 5.41) is 0. The summed E-state index contributed by atoms with van der Waals surface area (Å²) < 4.78 is 0. The van der Waals surface area contributed by atoms with Gasteiger partial charge in [0.05, 0.1) is 0 Å². The zero-order chi connectivity index (χ0) is 6.27. The largest absolute Gasteiger partial charge is 0.316 e. The van der Waals surface area contributed by atoms with Crippen LogP contribution in [0.4, 0.5) is 0 Å². The molecule has 0 aliphatic heterocycles. The number of aryl methyl sites for hydroxylation is 2. The Morgan fingerprint density at radius 1 is 1.44 bits per heavy atom. The molecule has 1 aromatic heterocycles. The maximum absolute atomic E-state index is 10.7. The lowest BCUT2D eigenvalue weighted by atomic mass is 10.4. The first-order chi connectivity index (χ1) is 4.36. The zero-order valence-corrected chi connectivity index (χ0v) is 5.75. The summed E-state index contributed by atoms with van der Waals surface area (Å²) in [5.41, 5.74) is 1.19. The van der Waals surface area contributed by atoms with Gasteiger partial charge in [0.1, 0.15) is 0 Å². The minimum Gasteiger partial charge on any atom is -0.316 e. The first-order valence-corrected chi connectivity index (χ1v) is 3.89. The molecule has 9 heavy (non-hydrogen) atoms. The molecular formula is C6H7NOS. The van der Waals surface area contributed by atoms with Crippen LogP contribution in [0, 0.1) is 0 Å². The second-order valence-electron chi connectivity index (χ2n) is 2.27. The average molecular weight is 141 g/mol. The number of hydrogen-bond donors (Lipinski definition) is 1. The van der Waals surface area contributed by atoms with Gasteiger partial charge < -0.3 is 4.98 Å². The van der Waals surface area contributed by atoms with Gasteiger partial charge in [-0.2, -0.15) is 0 Å². The number of nitrogens with one attached hydrogen (secondary N) is 1. The van der Waals surface area contributed by atoms with Crippen molar-refractivity contribution in [3.05, 3.63) is 20.2 Å². The zero-order valence-electron chi connectivity index (χ0n) is 4.94. The molecule has 0 bridgehead atoms. The van der Waals surface area contributed by atoms with Crippen molar-refractivity contribution < 1.29 is 0 Å². The summed E-state index contributed by atoms with van der Waals surface area (Å²) in [4.78, 5) is 14.9. The van der Waals surface area contributed by atoms with Gasteiger partial charge in [-0.1, -0.05) is 11.3 Å². The molecule has 0 fully saturated rings. The molecule has 48 valence electrons. The van der Waals surface area contributed by atoms with Crippen molar-refractivity contribution in [2.45, 2.75) is 19.3 Å². The van der Waals surface area contributed by atoms with E-state index < -0.39 is 0 Å². The fourth-order valence-electron chi connectivity index (χ4n) is 1.22. The minimum absolute atomic E-state index is 0.111. The summed E-state index contributed by atoms with van der Waals surface area (Å²) in [5.74, 6) is 0. The van der Waals surface area contributed by atoms with E-state index in [4.69, 9.17) is 0 Å². The lowest BCUT2D eigenvalue weighted by Crippen LogP contribution is -1.93. The third kappa shape index (κ3) is 0.721. The van der Waals surface area contributed by atoms with Gasteiger partial charge in [0.15, 0.2) is 0 Å². The number of aromatic amines is 1. The second kappa shape index (κ2) is 1.70. The Bertz CT molecular complexity index is 248. The highest BCUT2D eigenvalue weighted by atomic mass is 32.1. The van der Waals surface area contributed by atoms with Gasteiger partial charge in [-0.05, 0) is 19.3 Å². The van der Waals surface area contributed by atoms with E-state index in [9.17, 15) is 4.79 Å². The van der Waals surface area contributed by atoms with Gasteiger partial charge in [0, 0.05) is 10.6 Å². The summed E-state index contributed by atoms with van der Waals surface area (Å²) in [6.45, 7) is 0. The van der Waals surface area contributed by atoms with Gasteiger partial charge >= 0.3 is 4.87 Å². The van der Waals surface area contributed by atoms with Gasteiger partial charge in [0.25, 0.3) is 0 Å². The van der Waals surface area contributed by atoms with Crippen molar-refractivity contribution in [3.8, 4) is 0 Å². The summed E-state index contributed by atoms with van der Waals surface area (Å²) in [7, 11) is 0. The molecule has 3 heteroatoms. The topological polar surface area (TPSA) is 32.9 Å². The number of hydrogen-bond acceptors (Lipinski definition) is 2. The first-order valence-electron chi connectivity index (χ1n) is 3.07. The molecule has 0 spiro atoms. The molecule has 0 saturated heterocycles. The molecule has 1 heterocycles. The van der Waals surface area contributed by atoms with Crippen molar-refractivity contribution in [2.24, 2.45) is 0 Å². The lowest BCUT2D eigenvalue weighted by Gasteiger charge is -1.79. The van der Waals surface area contributed by atoms with Crippen LogP contribution in [0.25, 0.3) is 0 Å². The molecule has 0 saturated carbocycles. The van der Waals surface area contributed by atoms with Gasteiger partial charge in [-0.15, -0.1) is 0 Å². The molecule has 0 atom stereocenters. The van der Waals surface area contributed by atoms with Crippen molar-refractivity contribution in [1.82, 2.24) is 4.98 Å². The van der Waals surface area contributed by atoms with Crippen molar-refractivity contribution in [1.29, 1.82) is 0 Å². The standard InChI is InChI=1S/C6H7NOS/c8-6-7-4-2-1-3-5(4)9-6/h1-3H2,(H,7,8). The predicted octanol–water partition coefficient (Wildman–Crippen LogP) is 0.925. The van der Waals surface area contributed by atoms with Crippen LogP contribution in [0.5, 0.6) is 0 Å². The van der Waals surface area contributed by atoms with E-state index >= 15 is 0 Å². The SMILES string of the molecule is O=c1[nH]c2c(s1)CCC2. The molecule has 2 nitrogen and oxygen atoms in total. The first kappa shape index (κ1) is 5.23. The monoisotopic (exact) mass is 141 g/mol. The van der Waals surface area contributed by atoms with E-state index in [0.717, 1.165) is 12.8 Å². The Hall–Kier alpha value is -0.570. The number of fused-ring (bicyclic) bond motifs is 1. The molecule has 0 aromatic carbocycles. The predicted molar refractivity (Wildman–Crippen MR) is 37.0 cm³/mol. The number of H-pyrrole nitrogens is 1. The molecule has 2 rings (SSSR count). The van der Waals surface area contributed by atoms with Crippen LogP contribution in [0.3, 0.4) is 0 Å². The van der Waals surface area contributed by atoms with Crippen LogP contribution < -0.4 is 4.87 Å². The number of thiazole rings is 1. The highest BCUT2D eigenvalue weighted by molar-refractivity contribution is 7.09. The van der Waals surface area contributed by atoms with E-state index in [2.05, 4.69) is 4.98 Å². The quantitative estimate of drug-likeness (QED) is 0.572. The summed E-state index contributed by atoms with van der Waals surface area (Å²) in [6, 6.07) is 0. The second-order valence-corrected chi connectivity index (χ2v) is 3.34. The number of rotatable bonds is 0. The molecular weight excluding hydrogens is 134 g/mol. The minimum atomic E-state index is 0.111. The molecule has 1 aliphatic rings. The van der Waals surface area contributed by atoms with Crippen LogP contribution in [-0.4, -0.2) is 4.98 Å². The Labute approximate surface area is 56.5 Å². The van der Waals surface area contributed by atoms with E-state index in [1.165, 1.54) is 28.3 Å². The van der Waals surface area contributed by atoms with Gasteiger partial charge in [-0.25, -0.2) is 0 Å². The van der Waals surface area contributed by atoms with Crippen molar-refractivity contribution >= 4 is 11.3 Å². The van der Waals surface area contributed by atoms with Gasteiger partial charge in [0.2, 0.25) is 0 Å². The van der Waals surface area contributed by atoms with Gasteiger partial charge in [-0.3, -0.25) is 4.79 Å². The fraction of sp³-hybridized carbons (Fsp3) is 0.500. The maximum Gasteiger partial charge on any atom is 0.304 e. The average Bonchev–Trinajstić information content (AvgIpc) is 2.22. The molecule has 1 aliphatic carbocycles. The summed E-state index contributed by atoms with van der Waals surface area (Å²) in [6.07, 6.45) is 3.41. The van der Waals surface area contributed by atoms with Crippen molar-refractivity contribution in [2.75, 3.05) is 0 Å². The van der Waals surface area contributed by atoms with E-state index in [-0.39, 0.29) is 4.87 Å². The smallest absolute Gasteiger partial charge is 0.304 e. The molecule has 1 N–H and O–H groups in total. The van der Waals surface area contributed by atoms with Crippen molar-refractivity contribution in [3.63, 3.8) is 0 Å². The van der Waals surface area contributed by atoms with Crippen LogP contribution >= 0.6 is 11.3 Å². The molecule has 1 aromatic rings.